The van der Waals surface area contributed by atoms with Crippen LogP contribution in [0.1, 0.15) is 45.4 Å². The molecular weight excluding hydrogens is 298 g/mol. The van der Waals surface area contributed by atoms with Gasteiger partial charge in [-0.2, -0.15) is 0 Å². The number of nitrogens with zero attached hydrogens (tertiary/aromatic N) is 3. The first kappa shape index (κ1) is 19.5. The molecule has 5 nitrogen and oxygen atoms in total. The predicted octanol–water partition coefficient (Wildman–Crippen LogP) is 2.01. The molecule has 0 unspecified atom stereocenters. The Kier molecular flexibility index (Phi) is 8.89. The second-order valence-corrected chi connectivity index (χ2v) is 7.84. The highest BCUT2D eigenvalue weighted by atomic mass is 15.2. The summed E-state index contributed by atoms with van der Waals surface area (Å²) in [5.74, 6) is 2.77. The van der Waals surface area contributed by atoms with Crippen LogP contribution in [-0.4, -0.2) is 75.7 Å². The molecule has 2 fully saturated rings. The van der Waals surface area contributed by atoms with Crippen molar-refractivity contribution in [2.45, 2.75) is 45.4 Å². The fraction of sp³-hybridized carbons (Fsp3) is 0.947. The molecule has 2 heterocycles. The van der Waals surface area contributed by atoms with Crippen molar-refractivity contribution in [2.24, 2.45) is 16.8 Å². The van der Waals surface area contributed by atoms with Crippen LogP contribution in [0.25, 0.3) is 0 Å². The fourth-order valence-electron chi connectivity index (χ4n) is 3.76. The molecule has 2 rings (SSSR count). The van der Waals surface area contributed by atoms with E-state index in [1.807, 2.05) is 7.05 Å². The number of rotatable bonds is 7. The number of guanidine groups is 1. The van der Waals surface area contributed by atoms with Crippen molar-refractivity contribution in [3.63, 3.8) is 0 Å². The van der Waals surface area contributed by atoms with E-state index in [1.54, 1.807) is 0 Å². The summed E-state index contributed by atoms with van der Waals surface area (Å²) in [5.41, 5.74) is 0. The Hall–Kier alpha value is -0.810. The Balaban J connectivity index is 1.49. The molecular formula is C19H39N5. The summed E-state index contributed by atoms with van der Waals surface area (Å²) in [5, 5.41) is 6.95. The van der Waals surface area contributed by atoms with Gasteiger partial charge in [0.25, 0.3) is 0 Å². The molecule has 0 bridgehead atoms. The first-order chi connectivity index (χ1) is 11.7. The van der Waals surface area contributed by atoms with Crippen LogP contribution in [0.3, 0.4) is 0 Å². The molecule has 2 N–H and O–H groups in total. The third-order valence-electron chi connectivity index (χ3n) is 5.73. The van der Waals surface area contributed by atoms with Gasteiger partial charge in [0.05, 0.1) is 0 Å². The Labute approximate surface area is 149 Å². The molecule has 0 aliphatic carbocycles. The van der Waals surface area contributed by atoms with E-state index in [1.165, 1.54) is 71.2 Å². The Bertz CT molecular complexity index is 355. The maximum atomic E-state index is 4.35. The van der Waals surface area contributed by atoms with Gasteiger partial charge in [0, 0.05) is 20.1 Å². The second kappa shape index (κ2) is 10.9. The molecule has 2 aliphatic heterocycles. The lowest BCUT2D eigenvalue weighted by Gasteiger charge is -2.30. The molecule has 140 valence electrons. The van der Waals surface area contributed by atoms with Gasteiger partial charge >= 0.3 is 0 Å². The molecule has 0 aromatic heterocycles. The van der Waals surface area contributed by atoms with Crippen molar-refractivity contribution in [3.8, 4) is 0 Å². The van der Waals surface area contributed by atoms with Crippen LogP contribution in [0.2, 0.25) is 0 Å². The monoisotopic (exact) mass is 337 g/mol. The van der Waals surface area contributed by atoms with Gasteiger partial charge in [0.2, 0.25) is 0 Å². The maximum absolute atomic E-state index is 4.35. The summed E-state index contributed by atoms with van der Waals surface area (Å²) in [4.78, 5) is 9.40. The van der Waals surface area contributed by atoms with Crippen molar-refractivity contribution < 1.29 is 0 Å². The average Bonchev–Trinajstić information content (AvgIpc) is 2.60. The Morgan fingerprint density at radius 3 is 2.33 bits per heavy atom. The van der Waals surface area contributed by atoms with Gasteiger partial charge in [0.15, 0.2) is 5.96 Å². The van der Waals surface area contributed by atoms with Crippen molar-refractivity contribution in [1.82, 2.24) is 20.4 Å². The lowest BCUT2D eigenvalue weighted by atomic mass is 9.94. The number of hydrogen-bond acceptors (Lipinski definition) is 3. The minimum absolute atomic E-state index is 0.883. The van der Waals surface area contributed by atoms with Crippen LogP contribution < -0.4 is 10.6 Å². The lowest BCUT2D eigenvalue weighted by Crippen LogP contribution is -2.40. The van der Waals surface area contributed by atoms with Crippen molar-refractivity contribution in [2.75, 3.05) is 59.9 Å². The zero-order valence-electron chi connectivity index (χ0n) is 16.2. The second-order valence-electron chi connectivity index (χ2n) is 7.84. The highest BCUT2D eigenvalue weighted by Gasteiger charge is 2.16. The first-order valence-corrected chi connectivity index (χ1v) is 10.0. The van der Waals surface area contributed by atoms with Gasteiger partial charge in [-0.1, -0.05) is 6.92 Å². The van der Waals surface area contributed by atoms with Crippen molar-refractivity contribution >= 4 is 5.96 Å². The molecule has 0 aromatic rings. The van der Waals surface area contributed by atoms with E-state index in [9.17, 15) is 0 Å². The van der Waals surface area contributed by atoms with Crippen molar-refractivity contribution in [1.29, 1.82) is 0 Å². The quantitative estimate of drug-likeness (QED) is 0.424. The van der Waals surface area contributed by atoms with E-state index >= 15 is 0 Å². The zero-order valence-corrected chi connectivity index (χ0v) is 16.2. The zero-order chi connectivity index (χ0) is 17.2. The van der Waals surface area contributed by atoms with Crippen LogP contribution in [-0.2, 0) is 0 Å². The Morgan fingerprint density at radius 2 is 1.67 bits per heavy atom. The molecule has 0 amide bonds. The van der Waals surface area contributed by atoms with Crippen LogP contribution in [0.5, 0.6) is 0 Å². The van der Waals surface area contributed by atoms with Gasteiger partial charge in [-0.3, -0.25) is 4.99 Å². The van der Waals surface area contributed by atoms with Crippen LogP contribution in [0, 0.1) is 11.8 Å². The smallest absolute Gasteiger partial charge is 0.190 e. The van der Waals surface area contributed by atoms with E-state index in [-0.39, 0.29) is 0 Å². The van der Waals surface area contributed by atoms with E-state index in [2.05, 4.69) is 39.4 Å². The van der Waals surface area contributed by atoms with Gasteiger partial charge < -0.3 is 20.4 Å². The summed E-state index contributed by atoms with van der Waals surface area (Å²) >= 11 is 0. The highest BCUT2D eigenvalue weighted by Crippen LogP contribution is 2.18. The fourth-order valence-corrected chi connectivity index (χ4v) is 3.76. The molecule has 0 spiro atoms. The molecule has 2 aliphatic rings. The minimum Gasteiger partial charge on any atom is -0.356 e. The topological polar surface area (TPSA) is 42.9 Å². The molecule has 24 heavy (non-hydrogen) atoms. The molecule has 0 saturated carbocycles. The molecule has 2 saturated heterocycles. The Morgan fingerprint density at radius 1 is 1.00 bits per heavy atom. The highest BCUT2D eigenvalue weighted by molar-refractivity contribution is 5.79. The largest absolute Gasteiger partial charge is 0.356 e. The SMILES string of the molecule is CN=C(NCCCN1CCC(C)CC1)NCCC1CCN(C)CC1. The van der Waals surface area contributed by atoms with E-state index in [0.717, 1.165) is 30.9 Å². The number of piperidine rings is 2. The maximum Gasteiger partial charge on any atom is 0.190 e. The third kappa shape index (κ3) is 7.39. The number of nitrogens with one attached hydrogen (secondary N) is 2. The normalized spacial score (nSPS) is 22.7. The van der Waals surface area contributed by atoms with Crippen LogP contribution in [0.4, 0.5) is 0 Å². The summed E-state index contributed by atoms with van der Waals surface area (Å²) in [6.45, 7) is 10.7. The summed E-state index contributed by atoms with van der Waals surface area (Å²) < 4.78 is 0. The molecule has 0 atom stereocenters. The summed E-state index contributed by atoms with van der Waals surface area (Å²) in [6, 6.07) is 0. The first-order valence-electron chi connectivity index (χ1n) is 10.0. The van der Waals surface area contributed by atoms with Crippen LogP contribution >= 0.6 is 0 Å². The van der Waals surface area contributed by atoms with E-state index in [4.69, 9.17) is 0 Å². The lowest BCUT2D eigenvalue weighted by molar-refractivity contribution is 0.191. The summed E-state index contributed by atoms with van der Waals surface area (Å²) in [7, 11) is 4.10. The number of hydrogen-bond donors (Lipinski definition) is 2. The van der Waals surface area contributed by atoms with E-state index < -0.39 is 0 Å². The molecule has 0 aromatic carbocycles. The van der Waals surface area contributed by atoms with Gasteiger partial charge in [0.1, 0.15) is 0 Å². The van der Waals surface area contributed by atoms with Crippen molar-refractivity contribution in [3.05, 3.63) is 0 Å². The number of likely N-dealkylation sites (tertiary alicyclic amines) is 2. The van der Waals surface area contributed by atoms with Gasteiger partial charge in [-0.25, -0.2) is 0 Å². The van der Waals surface area contributed by atoms with Gasteiger partial charge in [-0.15, -0.1) is 0 Å². The predicted molar refractivity (Wildman–Crippen MR) is 104 cm³/mol. The number of aliphatic imine (C=N–C) groups is 1. The molecule has 0 radical (unpaired) electrons. The average molecular weight is 338 g/mol. The minimum atomic E-state index is 0.883. The van der Waals surface area contributed by atoms with E-state index in [0.29, 0.717) is 0 Å². The third-order valence-corrected chi connectivity index (χ3v) is 5.73. The van der Waals surface area contributed by atoms with Gasteiger partial charge in [-0.05, 0) is 90.1 Å². The molecule has 5 heteroatoms. The van der Waals surface area contributed by atoms with Crippen LogP contribution in [0.15, 0.2) is 4.99 Å². The standard InChI is InChI=1S/C19H39N5/c1-17-6-15-24(16-7-17)12-4-10-21-19(20-2)22-11-5-18-8-13-23(3)14-9-18/h17-18H,4-16H2,1-3H3,(H2,20,21,22). The summed E-state index contributed by atoms with van der Waals surface area (Å²) in [6.07, 6.45) is 7.89.